The zero-order valence-corrected chi connectivity index (χ0v) is 9.48. The van der Waals surface area contributed by atoms with E-state index in [1.54, 1.807) is 0 Å². The number of benzene rings is 1. The summed E-state index contributed by atoms with van der Waals surface area (Å²) in [6.45, 7) is 4.41. The second-order valence-corrected chi connectivity index (χ2v) is 4.19. The largest absolute Gasteiger partial charge is 0.494 e. The van der Waals surface area contributed by atoms with Crippen LogP contribution in [0.4, 0.5) is 0 Å². The number of aliphatic hydroxyl groups is 1. The Morgan fingerprint density at radius 1 is 1.50 bits per heavy atom. The number of allylic oxidation sites excluding steroid dienone is 1. The Balaban J connectivity index is 1.94. The lowest BCUT2D eigenvalue weighted by Crippen LogP contribution is -1.97. The summed E-state index contributed by atoms with van der Waals surface area (Å²) in [5.41, 5.74) is 2.30. The van der Waals surface area contributed by atoms with Gasteiger partial charge in [0.15, 0.2) is 0 Å². The Hall–Kier alpha value is -1.28. The third-order valence-corrected chi connectivity index (χ3v) is 2.98. The number of ether oxygens (including phenoxy) is 1. The van der Waals surface area contributed by atoms with Gasteiger partial charge in [0.25, 0.3) is 0 Å². The van der Waals surface area contributed by atoms with Gasteiger partial charge in [-0.05, 0) is 48.9 Å². The van der Waals surface area contributed by atoms with Crippen molar-refractivity contribution < 1.29 is 9.84 Å². The van der Waals surface area contributed by atoms with Crippen molar-refractivity contribution in [3.05, 3.63) is 42.0 Å². The minimum Gasteiger partial charge on any atom is -0.494 e. The summed E-state index contributed by atoms with van der Waals surface area (Å²) in [5, 5.41) is 9.67. The summed E-state index contributed by atoms with van der Waals surface area (Å²) in [6, 6.07) is 5.98. The van der Waals surface area contributed by atoms with E-state index in [4.69, 9.17) is 4.74 Å². The average Bonchev–Trinajstić information content (AvgIpc) is 2.66. The minimum atomic E-state index is -0.273. The zero-order chi connectivity index (χ0) is 11.4. The van der Waals surface area contributed by atoms with Gasteiger partial charge in [0.1, 0.15) is 5.75 Å². The maximum Gasteiger partial charge on any atom is 0.119 e. The lowest BCUT2D eigenvalue weighted by molar-refractivity contribution is 0.180. The van der Waals surface area contributed by atoms with Crippen molar-refractivity contribution >= 4 is 0 Å². The van der Waals surface area contributed by atoms with Crippen LogP contribution in [0.3, 0.4) is 0 Å². The summed E-state index contributed by atoms with van der Waals surface area (Å²) in [5.74, 6) is 0.914. The number of aliphatic hydroxyl groups excluding tert-OH is 1. The fourth-order valence-corrected chi connectivity index (χ4v) is 2.08. The van der Waals surface area contributed by atoms with E-state index in [1.807, 2.05) is 18.2 Å². The second-order valence-electron chi connectivity index (χ2n) is 4.19. The molecule has 1 aliphatic carbocycles. The van der Waals surface area contributed by atoms with Crippen molar-refractivity contribution in [1.82, 2.24) is 0 Å². The van der Waals surface area contributed by atoms with Crippen molar-refractivity contribution in [2.45, 2.75) is 31.8 Å². The predicted octanol–water partition coefficient (Wildman–Crippen LogP) is 3.01. The van der Waals surface area contributed by atoms with Gasteiger partial charge in [-0.15, -0.1) is 6.58 Å². The van der Waals surface area contributed by atoms with Crippen LogP contribution in [0.5, 0.6) is 5.75 Å². The van der Waals surface area contributed by atoms with Crippen LogP contribution in [0.1, 0.15) is 36.5 Å². The Kier molecular flexibility index (Phi) is 3.62. The van der Waals surface area contributed by atoms with E-state index < -0.39 is 0 Å². The van der Waals surface area contributed by atoms with E-state index in [0.717, 1.165) is 43.6 Å². The van der Waals surface area contributed by atoms with Crippen LogP contribution < -0.4 is 4.74 Å². The van der Waals surface area contributed by atoms with Crippen molar-refractivity contribution in [1.29, 1.82) is 0 Å². The third kappa shape index (κ3) is 2.45. The van der Waals surface area contributed by atoms with Gasteiger partial charge >= 0.3 is 0 Å². The first-order chi connectivity index (χ1) is 7.81. The molecule has 0 radical (unpaired) electrons. The molecule has 16 heavy (non-hydrogen) atoms. The monoisotopic (exact) mass is 218 g/mol. The number of unbranched alkanes of at least 4 members (excludes halogenated alkanes) is 1. The molecule has 2 rings (SSSR count). The summed E-state index contributed by atoms with van der Waals surface area (Å²) in [4.78, 5) is 0. The van der Waals surface area contributed by atoms with Gasteiger partial charge < -0.3 is 9.84 Å². The molecule has 0 saturated heterocycles. The molecule has 2 nitrogen and oxygen atoms in total. The number of hydrogen-bond acceptors (Lipinski definition) is 2. The first-order valence-electron chi connectivity index (χ1n) is 5.86. The second kappa shape index (κ2) is 5.17. The molecule has 0 spiro atoms. The smallest absolute Gasteiger partial charge is 0.119 e. The van der Waals surface area contributed by atoms with E-state index in [2.05, 4.69) is 12.6 Å². The standard InChI is InChI=1S/C14H18O2/c1-2-3-4-9-16-12-6-7-13-11(10-12)5-8-14(13)15/h2,6-7,10,14-15H,1,3-5,8-9H2/t14-/m1/s1. The topological polar surface area (TPSA) is 29.5 Å². The first kappa shape index (κ1) is 11.2. The Morgan fingerprint density at radius 2 is 2.38 bits per heavy atom. The van der Waals surface area contributed by atoms with E-state index in [-0.39, 0.29) is 6.10 Å². The molecular formula is C14H18O2. The molecule has 0 aliphatic heterocycles. The molecule has 1 atom stereocenters. The van der Waals surface area contributed by atoms with Gasteiger partial charge in [0.05, 0.1) is 12.7 Å². The van der Waals surface area contributed by atoms with Crippen molar-refractivity contribution in [2.24, 2.45) is 0 Å². The molecule has 86 valence electrons. The maximum absolute atomic E-state index is 9.67. The van der Waals surface area contributed by atoms with Gasteiger partial charge in [0.2, 0.25) is 0 Å². The van der Waals surface area contributed by atoms with Crippen LogP contribution in [0.15, 0.2) is 30.9 Å². The van der Waals surface area contributed by atoms with E-state index in [1.165, 1.54) is 5.56 Å². The van der Waals surface area contributed by atoms with Crippen LogP contribution in [0.25, 0.3) is 0 Å². The highest BCUT2D eigenvalue weighted by Crippen LogP contribution is 2.33. The average molecular weight is 218 g/mol. The SMILES string of the molecule is C=CCCCOc1ccc2c(c1)CC[C@H]2O. The van der Waals surface area contributed by atoms with Crippen molar-refractivity contribution in [2.75, 3.05) is 6.61 Å². The summed E-state index contributed by atoms with van der Waals surface area (Å²) < 4.78 is 5.64. The fraction of sp³-hybridized carbons (Fsp3) is 0.429. The van der Waals surface area contributed by atoms with E-state index >= 15 is 0 Å². The normalized spacial score (nSPS) is 18.2. The quantitative estimate of drug-likeness (QED) is 0.608. The summed E-state index contributed by atoms with van der Waals surface area (Å²) >= 11 is 0. The van der Waals surface area contributed by atoms with E-state index in [9.17, 15) is 5.11 Å². The number of aryl methyl sites for hydroxylation is 1. The molecule has 1 aliphatic rings. The van der Waals surface area contributed by atoms with Crippen molar-refractivity contribution in [3.8, 4) is 5.75 Å². The minimum absolute atomic E-state index is 0.273. The fourth-order valence-electron chi connectivity index (χ4n) is 2.08. The van der Waals surface area contributed by atoms with Gasteiger partial charge in [-0.2, -0.15) is 0 Å². The van der Waals surface area contributed by atoms with Crippen LogP contribution in [0.2, 0.25) is 0 Å². The number of hydrogen-bond donors (Lipinski definition) is 1. The lowest BCUT2D eigenvalue weighted by atomic mass is 10.1. The summed E-state index contributed by atoms with van der Waals surface area (Å²) in [7, 11) is 0. The highest BCUT2D eigenvalue weighted by Gasteiger charge is 2.20. The Labute approximate surface area is 96.6 Å². The highest BCUT2D eigenvalue weighted by atomic mass is 16.5. The van der Waals surface area contributed by atoms with Crippen LogP contribution in [-0.2, 0) is 6.42 Å². The van der Waals surface area contributed by atoms with Crippen LogP contribution in [0, 0.1) is 0 Å². The van der Waals surface area contributed by atoms with Crippen LogP contribution in [-0.4, -0.2) is 11.7 Å². The molecule has 0 amide bonds. The molecule has 0 bridgehead atoms. The third-order valence-electron chi connectivity index (χ3n) is 2.98. The Bertz CT molecular complexity index is 371. The van der Waals surface area contributed by atoms with E-state index in [0.29, 0.717) is 0 Å². The number of rotatable bonds is 5. The molecule has 0 aromatic heterocycles. The lowest BCUT2D eigenvalue weighted by Gasteiger charge is -2.08. The molecule has 1 N–H and O–H groups in total. The molecule has 0 heterocycles. The zero-order valence-electron chi connectivity index (χ0n) is 9.48. The molecule has 1 aromatic carbocycles. The van der Waals surface area contributed by atoms with Crippen molar-refractivity contribution in [3.63, 3.8) is 0 Å². The van der Waals surface area contributed by atoms with Gasteiger partial charge in [-0.1, -0.05) is 12.1 Å². The molecule has 0 fully saturated rings. The number of fused-ring (bicyclic) bond motifs is 1. The highest BCUT2D eigenvalue weighted by molar-refractivity contribution is 5.39. The Morgan fingerprint density at radius 3 is 3.19 bits per heavy atom. The van der Waals surface area contributed by atoms with Gasteiger partial charge in [0, 0.05) is 0 Å². The van der Waals surface area contributed by atoms with Gasteiger partial charge in [-0.3, -0.25) is 0 Å². The molecule has 0 unspecified atom stereocenters. The predicted molar refractivity (Wildman–Crippen MR) is 64.6 cm³/mol. The molecule has 0 saturated carbocycles. The maximum atomic E-state index is 9.67. The molecule has 1 aromatic rings. The molecular weight excluding hydrogens is 200 g/mol. The van der Waals surface area contributed by atoms with Gasteiger partial charge in [-0.25, -0.2) is 0 Å². The molecule has 2 heteroatoms. The van der Waals surface area contributed by atoms with Crippen LogP contribution >= 0.6 is 0 Å². The summed E-state index contributed by atoms with van der Waals surface area (Å²) in [6.07, 6.45) is 5.43. The first-order valence-corrected chi connectivity index (χ1v) is 5.86.